The predicted molar refractivity (Wildman–Crippen MR) is 110 cm³/mol. The van der Waals surface area contributed by atoms with Crippen LogP contribution in [0.4, 0.5) is 0 Å². The molecular formula is C19H24Cl3NO3. The summed E-state index contributed by atoms with van der Waals surface area (Å²) < 4.78 is 16.2. The van der Waals surface area contributed by atoms with Crippen molar-refractivity contribution in [2.45, 2.75) is 19.9 Å². The topological polar surface area (TPSA) is 39.7 Å². The average Bonchev–Trinajstić information content (AvgIpc) is 2.61. The maximum absolute atomic E-state index is 6.22. The monoisotopic (exact) mass is 419 g/mol. The maximum Gasteiger partial charge on any atom is 0.160 e. The highest BCUT2D eigenvalue weighted by atomic mass is 35.5. The molecule has 4 nitrogen and oxygen atoms in total. The molecule has 0 saturated carbocycles. The molecule has 0 aromatic heterocycles. The van der Waals surface area contributed by atoms with Gasteiger partial charge in [0.2, 0.25) is 0 Å². The Labute approximate surface area is 171 Å². The van der Waals surface area contributed by atoms with Crippen LogP contribution in [-0.2, 0) is 13.0 Å². The van der Waals surface area contributed by atoms with Gasteiger partial charge in [-0.25, -0.2) is 0 Å². The summed E-state index contributed by atoms with van der Waals surface area (Å²) in [7, 11) is 3.27. The van der Waals surface area contributed by atoms with Crippen LogP contribution in [0.5, 0.6) is 17.2 Å². The van der Waals surface area contributed by atoms with Crippen molar-refractivity contribution in [3.8, 4) is 17.2 Å². The fourth-order valence-corrected chi connectivity index (χ4v) is 3.13. The lowest BCUT2D eigenvalue weighted by Crippen LogP contribution is -2.17. The van der Waals surface area contributed by atoms with E-state index in [1.165, 1.54) is 5.56 Å². The molecule has 0 radical (unpaired) electrons. The Morgan fingerprint density at radius 2 is 1.73 bits per heavy atom. The van der Waals surface area contributed by atoms with Gasteiger partial charge in [-0.2, -0.15) is 0 Å². The molecule has 0 saturated heterocycles. The number of methoxy groups -OCH3 is 2. The molecule has 0 amide bonds. The van der Waals surface area contributed by atoms with Crippen molar-refractivity contribution < 1.29 is 14.2 Å². The molecule has 0 aliphatic carbocycles. The molecule has 0 bridgehead atoms. The highest BCUT2D eigenvalue weighted by Crippen LogP contribution is 2.32. The molecule has 0 unspecified atom stereocenters. The Balaban J connectivity index is 0.00000338. The molecule has 2 aromatic rings. The summed E-state index contributed by atoms with van der Waals surface area (Å²) in [5.41, 5.74) is 2.12. The van der Waals surface area contributed by atoms with Gasteiger partial charge in [-0.3, -0.25) is 0 Å². The van der Waals surface area contributed by atoms with E-state index in [0.29, 0.717) is 28.9 Å². The zero-order chi connectivity index (χ0) is 18.2. The fraction of sp³-hybridized carbons (Fsp3) is 0.368. The van der Waals surface area contributed by atoms with Crippen LogP contribution in [-0.4, -0.2) is 27.4 Å². The molecule has 26 heavy (non-hydrogen) atoms. The second kappa shape index (κ2) is 11.4. The Morgan fingerprint density at radius 1 is 1.00 bits per heavy atom. The van der Waals surface area contributed by atoms with E-state index < -0.39 is 0 Å². The lowest BCUT2D eigenvalue weighted by Gasteiger charge is -2.14. The van der Waals surface area contributed by atoms with Gasteiger partial charge in [0.1, 0.15) is 5.75 Å². The molecule has 2 aromatic carbocycles. The first-order valence-corrected chi connectivity index (χ1v) is 8.87. The van der Waals surface area contributed by atoms with E-state index in [0.717, 1.165) is 30.0 Å². The molecule has 0 aliphatic heterocycles. The van der Waals surface area contributed by atoms with Gasteiger partial charge in [0, 0.05) is 17.1 Å². The van der Waals surface area contributed by atoms with Crippen molar-refractivity contribution in [3.05, 3.63) is 51.5 Å². The predicted octanol–water partition coefficient (Wildman–Crippen LogP) is 5.16. The van der Waals surface area contributed by atoms with Crippen LogP contribution < -0.4 is 19.5 Å². The van der Waals surface area contributed by atoms with Crippen molar-refractivity contribution >= 4 is 35.6 Å². The molecule has 7 heteroatoms. The van der Waals surface area contributed by atoms with E-state index in [-0.39, 0.29) is 12.4 Å². The largest absolute Gasteiger partial charge is 0.493 e. The summed E-state index contributed by atoms with van der Waals surface area (Å²) in [6.45, 7) is 3.91. The van der Waals surface area contributed by atoms with Gasteiger partial charge < -0.3 is 19.5 Å². The molecule has 1 N–H and O–H groups in total. The number of hydrogen-bond acceptors (Lipinski definition) is 4. The van der Waals surface area contributed by atoms with Crippen LogP contribution in [0.1, 0.15) is 18.1 Å². The molecule has 2 rings (SSSR count). The standard InChI is InChI=1S/C19H23Cl2NO3.ClH/c1-4-25-19-14(10-15(20)11-16(19)21)12-22-8-7-13-5-6-17(23-2)18(9-13)24-3;/h5-6,9-11,22H,4,7-8,12H2,1-3H3;1H. The van der Waals surface area contributed by atoms with Crippen LogP contribution in [0.3, 0.4) is 0 Å². The first-order chi connectivity index (χ1) is 12.1. The minimum atomic E-state index is 0. The Hall–Kier alpha value is -1.33. The van der Waals surface area contributed by atoms with Gasteiger partial charge in [-0.05, 0) is 49.7 Å². The number of halogens is 3. The van der Waals surface area contributed by atoms with Gasteiger partial charge in [0.15, 0.2) is 11.5 Å². The highest BCUT2D eigenvalue weighted by molar-refractivity contribution is 6.35. The normalized spacial score (nSPS) is 10.2. The van der Waals surface area contributed by atoms with Gasteiger partial charge in [0.25, 0.3) is 0 Å². The van der Waals surface area contributed by atoms with Crippen molar-refractivity contribution in [2.75, 3.05) is 27.4 Å². The lowest BCUT2D eigenvalue weighted by molar-refractivity contribution is 0.335. The average molecular weight is 421 g/mol. The molecule has 0 atom stereocenters. The van der Waals surface area contributed by atoms with E-state index in [4.69, 9.17) is 37.4 Å². The number of nitrogens with one attached hydrogen (secondary N) is 1. The maximum atomic E-state index is 6.22. The van der Waals surface area contributed by atoms with E-state index in [9.17, 15) is 0 Å². The number of rotatable bonds is 9. The summed E-state index contributed by atoms with van der Waals surface area (Å²) in [5.74, 6) is 2.15. The minimum absolute atomic E-state index is 0. The van der Waals surface area contributed by atoms with Crippen LogP contribution in [0, 0.1) is 0 Å². The van der Waals surface area contributed by atoms with Gasteiger partial charge >= 0.3 is 0 Å². The third-order valence-corrected chi connectivity index (χ3v) is 4.23. The Bertz CT molecular complexity index is 711. The van der Waals surface area contributed by atoms with Gasteiger partial charge in [-0.15, -0.1) is 12.4 Å². The molecule has 144 valence electrons. The number of ether oxygens (including phenoxy) is 3. The summed E-state index contributed by atoms with van der Waals surface area (Å²) in [4.78, 5) is 0. The minimum Gasteiger partial charge on any atom is -0.493 e. The molecular weight excluding hydrogens is 397 g/mol. The zero-order valence-electron chi connectivity index (χ0n) is 15.1. The molecule has 0 aliphatic rings. The smallest absolute Gasteiger partial charge is 0.160 e. The summed E-state index contributed by atoms with van der Waals surface area (Å²) in [6, 6.07) is 9.51. The second-order valence-electron chi connectivity index (χ2n) is 5.42. The number of benzene rings is 2. The number of hydrogen-bond donors (Lipinski definition) is 1. The third kappa shape index (κ3) is 6.13. The van der Waals surface area contributed by atoms with Crippen molar-refractivity contribution in [2.24, 2.45) is 0 Å². The molecule has 0 heterocycles. The highest BCUT2D eigenvalue weighted by Gasteiger charge is 2.10. The summed E-state index contributed by atoms with van der Waals surface area (Å²) >= 11 is 12.3. The summed E-state index contributed by atoms with van der Waals surface area (Å²) in [5, 5.41) is 4.54. The van der Waals surface area contributed by atoms with Crippen LogP contribution in [0.2, 0.25) is 10.0 Å². The van der Waals surface area contributed by atoms with E-state index in [1.807, 2.05) is 31.2 Å². The van der Waals surface area contributed by atoms with Crippen LogP contribution in [0.25, 0.3) is 0 Å². The quantitative estimate of drug-likeness (QED) is 0.569. The Kier molecular flexibility index (Phi) is 9.96. The van der Waals surface area contributed by atoms with Gasteiger partial charge in [0.05, 0.1) is 25.8 Å². The first kappa shape index (κ1) is 22.7. The summed E-state index contributed by atoms with van der Waals surface area (Å²) in [6.07, 6.45) is 0.860. The zero-order valence-corrected chi connectivity index (χ0v) is 17.4. The first-order valence-electron chi connectivity index (χ1n) is 8.11. The van der Waals surface area contributed by atoms with Crippen molar-refractivity contribution in [1.82, 2.24) is 5.32 Å². The van der Waals surface area contributed by atoms with E-state index >= 15 is 0 Å². The Morgan fingerprint density at radius 3 is 2.38 bits per heavy atom. The van der Waals surface area contributed by atoms with Crippen LogP contribution >= 0.6 is 35.6 Å². The second-order valence-corrected chi connectivity index (χ2v) is 6.27. The molecule has 0 spiro atoms. The fourth-order valence-electron chi connectivity index (χ4n) is 2.54. The lowest BCUT2D eigenvalue weighted by atomic mass is 10.1. The van der Waals surface area contributed by atoms with Gasteiger partial charge in [-0.1, -0.05) is 29.3 Å². The van der Waals surface area contributed by atoms with Crippen LogP contribution in [0.15, 0.2) is 30.3 Å². The third-order valence-electron chi connectivity index (χ3n) is 3.73. The molecule has 0 fully saturated rings. The van der Waals surface area contributed by atoms with Crippen molar-refractivity contribution in [1.29, 1.82) is 0 Å². The SMILES string of the molecule is CCOc1c(Cl)cc(Cl)cc1CNCCc1ccc(OC)c(OC)c1.Cl. The van der Waals surface area contributed by atoms with E-state index in [1.54, 1.807) is 20.3 Å². The van der Waals surface area contributed by atoms with E-state index in [2.05, 4.69) is 5.32 Å². The van der Waals surface area contributed by atoms with Crippen molar-refractivity contribution in [3.63, 3.8) is 0 Å².